The van der Waals surface area contributed by atoms with Crippen LogP contribution in [0.5, 0.6) is 0 Å². The molecule has 0 amide bonds. The van der Waals surface area contributed by atoms with E-state index in [0.717, 1.165) is 108 Å². The number of piperidine rings is 1. The summed E-state index contributed by atoms with van der Waals surface area (Å²) >= 11 is 0. The lowest BCUT2D eigenvalue weighted by atomic mass is 9.35. The molecule has 1 spiro atoms. The second kappa shape index (κ2) is 15.3. The SMILES string of the molecule is C[C@H]1CCO[C@@]([C@@H]2O[C@@H]2[C@](C)(O)C(C)(C)CCC2CCNC(N)C2)([C@@H]2C[C@@H]3CCC4=C5C([C@@H](CCC6CCCCC6)C[C@@]2(C)[C@]53O)[C@@]2(C)[C@@H](C[C@@H](O)CC23CCCC3)C4=O)C1. The zero-order valence-electron chi connectivity index (χ0n) is 39.2. The molecule has 0 radical (unpaired) electrons. The largest absolute Gasteiger partial charge is 0.393 e. The van der Waals surface area contributed by atoms with E-state index in [1.54, 1.807) is 0 Å². The third-order valence-electron chi connectivity index (χ3n) is 22.0. The maximum Gasteiger partial charge on any atom is 0.162 e. The van der Waals surface area contributed by atoms with E-state index in [0.29, 0.717) is 30.8 Å². The van der Waals surface area contributed by atoms with Gasteiger partial charge < -0.3 is 35.8 Å². The molecule has 5 saturated carbocycles. The molecule has 7 aliphatic carbocycles. The number of hydrogen-bond acceptors (Lipinski definition) is 8. The Bertz CT molecular complexity index is 1710. The van der Waals surface area contributed by atoms with E-state index >= 15 is 4.79 Å². The second-order valence-electron chi connectivity index (χ2n) is 25.3. The summed E-state index contributed by atoms with van der Waals surface area (Å²) in [5, 5.41) is 42.1. The minimum absolute atomic E-state index is 0.0436. The Balaban J connectivity index is 1.04. The van der Waals surface area contributed by atoms with Crippen molar-refractivity contribution < 1.29 is 29.6 Å². The van der Waals surface area contributed by atoms with Gasteiger partial charge in [-0.2, -0.15) is 0 Å². The lowest BCUT2D eigenvalue weighted by molar-refractivity contribution is -0.218. The van der Waals surface area contributed by atoms with Crippen molar-refractivity contribution in [3.05, 3.63) is 11.1 Å². The standard InChI is InChI=1S/C53H86N2O6/c1-32-20-25-60-52(29-32,46-45(61-46)50(6,58)47(2,3)23-18-34-19-24-55-41(54)26-34)40-27-36-16-17-38-43-42(49(5)39(44(38)57)28-37(56)31-51(49)21-10-11-22-51)35(30-48(40,4)53(36,43)59)15-14-33-12-8-7-9-13-33/h32-37,39-42,45-46,55-56,58-59H,7-31,54H2,1-6H3/t32-,34?,35-,36-,37+,39-,40+,41?,42?,45-,46+,48+,49+,50-,52+,53+/m0/s1. The number of epoxide rings is 1. The second-order valence-corrected chi connectivity index (χ2v) is 25.3. The number of nitrogens with one attached hydrogen (secondary N) is 1. The van der Waals surface area contributed by atoms with Gasteiger partial charge in [0.05, 0.1) is 23.5 Å². The Hall–Kier alpha value is -0.870. The summed E-state index contributed by atoms with van der Waals surface area (Å²) in [5.74, 6) is 2.53. The average molecular weight is 847 g/mol. The van der Waals surface area contributed by atoms with E-state index in [4.69, 9.17) is 15.2 Å². The van der Waals surface area contributed by atoms with Gasteiger partial charge in [0.2, 0.25) is 0 Å². The number of aliphatic hydroxyl groups excluding tert-OH is 1. The van der Waals surface area contributed by atoms with E-state index < -0.39 is 28.3 Å². The molecule has 10 rings (SSSR count). The van der Waals surface area contributed by atoms with Crippen LogP contribution in [0.4, 0.5) is 0 Å². The number of carbonyl (C=O) groups excluding carboxylic acids is 1. The monoisotopic (exact) mass is 847 g/mol. The first-order valence-corrected chi connectivity index (χ1v) is 26.1. The number of Topliss-reactive ketones (excluding diaryl/α,β-unsaturated/α-hetero) is 1. The highest BCUT2D eigenvalue weighted by atomic mass is 16.6. The number of nitrogens with two attached hydrogens (primary N) is 1. The highest BCUT2D eigenvalue weighted by molar-refractivity contribution is 6.00. The molecule has 344 valence electrons. The number of carbonyl (C=O) groups is 1. The third-order valence-corrected chi connectivity index (χ3v) is 22.0. The number of ketones is 1. The molecular weight excluding hydrogens is 761 g/mol. The third kappa shape index (κ3) is 6.44. The maximum atomic E-state index is 15.4. The van der Waals surface area contributed by atoms with Crippen LogP contribution in [0.25, 0.3) is 0 Å². The fourth-order valence-electron chi connectivity index (χ4n) is 18.4. The van der Waals surface area contributed by atoms with Crippen molar-refractivity contribution >= 4 is 5.78 Å². The molecule has 8 heteroatoms. The Morgan fingerprint density at radius 1 is 0.885 bits per heavy atom. The molecule has 61 heavy (non-hydrogen) atoms. The number of ether oxygens (including phenoxy) is 2. The first kappa shape index (κ1) is 44.0. The fourth-order valence-corrected chi connectivity index (χ4v) is 18.4. The molecular formula is C53H86N2O6. The summed E-state index contributed by atoms with van der Waals surface area (Å²) in [5.41, 5.74) is 4.46. The van der Waals surface area contributed by atoms with Crippen LogP contribution in [-0.4, -0.2) is 75.5 Å². The van der Waals surface area contributed by atoms with Crippen molar-refractivity contribution in [2.24, 2.45) is 74.7 Å². The summed E-state index contributed by atoms with van der Waals surface area (Å²) in [4.78, 5) is 15.4. The minimum Gasteiger partial charge on any atom is -0.393 e. The number of aliphatic hydroxyl groups is 3. The quantitative estimate of drug-likeness (QED) is 0.137. The molecule has 3 aliphatic heterocycles. The van der Waals surface area contributed by atoms with E-state index in [1.165, 1.54) is 56.9 Å². The molecule has 3 saturated heterocycles. The maximum absolute atomic E-state index is 15.4. The Labute approximate surface area is 369 Å². The molecule has 10 aliphatic rings. The fraction of sp³-hybridized carbons (Fsp3) is 0.943. The molecule has 3 unspecified atom stereocenters. The van der Waals surface area contributed by atoms with Gasteiger partial charge in [0.25, 0.3) is 0 Å². The summed E-state index contributed by atoms with van der Waals surface area (Å²) in [6, 6.07) is 0. The van der Waals surface area contributed by atoms with Crippen LogP contribution in [0.2, 0.25) is 0 Å². The molecule has 6 N–H and O–H groups in total. The van der Waals surface area contributed by atoms with Gasteiger partial charge in [0.1, 0.15) is 17.8 Å². The van der Waals surface area contributed by atoms with Gasteiger partial charge in [-0.15, -0.1) is 0 Å². The molecule has 8 nitrogen and oxygen atoms in total. The molecule has 8 fully saturated rings. The van der Waals surface area contributed by atoms with Crippen molar-refractivity contribution in [1.29, 1.82) is 0 Å². The van der Waals surface area contributed by atoms with Gasteiger partial charge in [-0.05, 0) is 179 Å². The van der Waals surface area contributed by atoms with Crippen LogP contribution in [0, 0.1) is 69.0 Å². The predicted molar refractivity (Wildman–Crippen MR) is 239 cm³/mol. The van der Waals surface area contributed by atoms with Crippen molar-refractivity contribution in [2.45, 2.75) is 231 Å². The summed E-state index contributed by atoms with van der Waals surface area (Å²) in [6.07, 6.45) is 23.5. The van der Waals surface area contributed by atoms with Crippen LogP contribution < -0.4 is 11.1 Å². The molecule has 3 heterocycles. The van der Waals surface area contributed by atoms with Crippen molar-refractivity contribution in [3.8, 4) is 0 Å². The first-order valence-electron chi connectivity index (χ1n) is 26.1. The van der Waals surface area contributed by atoms with Gasteiger partial charge in [-0.1, -0.05) is 86.0 Å². The van der Waals surface area contributed by atoms with Gasteiger partial charge in [0.15, 0.2) is 5.78 Å². The van der Waals surface area contributed by atoms with Crippen molar-refractivity contribution in [1.82, 2.24) is 5.32 Å². The van der Waals surface area contributed by atoms with E-state index in [1.807, 2.05) is 6.92 Å². The lowest BCUT2D eigenvalue weighted by Gasteiger charge is -2.69. The minimum atomic E-state index is -1.09. The van der Waals surface area contributed by atoms with Crippen LogP contribution in [-0.2, 0) is 14.3 Å². The summed E-state index contributed by atoms with van der Waals surface area (Å²) < 4.78 is 14.4. The van der Waals surface area contributed by atoms with Crippen molar-refractivity contribution in [2.75, 3.05) is 13.2 Å². The van der Waals surface area contributed by atoms with E-state index in [-0.39, 0.29) is 64.1 Å². The van der Waals surface area contributed by atoms with Crippen LogP contribution >= 0.6 is 0 Å². The van der Waals surface area contributed by atoms with E-state index in [2.05, 4.69) is 39.9 Å². The van der Waals surface area contributed by atoms with Gasteiger partial charge >= 0.3 is 0 Å². The van der Waals surface area contributed by atoms with E-state index in [9.17, 15) is 15.3 Å². The highest BCUT2D eigenvalue weighted by Gasteiger charge is 2.80. The predicted octanol–water partition coefficient (Wildman–Crippen LogP) is 9.16. The number of hydrogen-bond donors (Lipinski definition) is 5. The zero-order valence-corrected chi connectivity index (χ0v) is 39.2. The Kier molecular flexibility index (Phi) is 11.1. The average Bonchev–Trinajstić information content (AvgIpc) is 3.86. The summed E-state index contributed by atoms with van der Waals surface area (Å²) in [6.45, 7) is 15.5. The highest BCUT2D eigenvalue weighted by Crippen LogP contribution is 2.79. The smallest absolute Gasteiger partial charge is 0.162 e. The topological polar surface area (TPSA) is 138 Å². The van der Waals surface area contributed by atoms with Crippen LogP contribution in [0.1, 0.15) is 189 Å². The molecule has 16 atom stereocenters. The molecule has 0 aromatic carbocycles. The number of allylic oxidation sites excluding steroid dienone is 1. The zero-order chi connectivity index (χ0) is 43.0. The van der Waals surface area contributed by atoms with Gasteiger partial charge in [-0.3, -0.25) is 4.79 Å². The number of fused-ring (bicyclic) bond motifs is 3. The Morgan fingerprint density at radius 2 is 1.64 bits per heavy atom. The lowest BCUT2D eigenvalue weighted by Crippen LogP contribution is -2.70. The normalized spacial score (nSPS) is 49.4. The van der Waals surface area contributed by atoms with Gasteiger partial charge in [0, 0.05) is 17.9 Å². The molecule has 0 aromatic heterocycles. The van der Waals surface area contributed by atoms with Crippen molar-refractivity contribution in [3.63, 3.8) is 0 Å². The summed E-state index contributed by atoms with van der Waals surface area (Å²) in [7, 11) is 0. The molecule has 0 aromatic rings. The Morgan fingerprint density at radius 3 is 2.36 bits per heavy atom. The first-order chi connectivity index (χ1) is 28.9. The van der Waals surface area contributed by atoms with Crippen LogP contribution in [0.3, 0.4) is 0 Å². The van der Waals surface area contributed by atoms with Gasteiger partial charge in [-0.25, -0.2) is 0 Å². The number of rotatable bonds is 10. The van der Waals surface area contributed by atoms with Crippen LogP contribution in [0.15, 0.2) is 11.1 Å². The molecule has 0 bridgehead atoms.